The predicted octanol–water partition coefficient (Wildman–Crippen LogP) is 7.14. The molecule has 1 amide bonds. The van der Waals surface area contributed by atoms with Crippen molar-refractivity contribution in [3.63, 3.8) is 0 Å². The van der Waals surface area contributed by atoms with Crippen molar-refractivity contribution in [2.75, 3.05) is 12.4 Å². The van der Waals surface area contributed by atoms with Crippen LogP contribution < -0.4 is 5.32 Å². The van der Waals surface area contributed by atoms with Gasteiger partial charge in [0.1, 0.15) is 0 Å². The highest BCUT2D eigenvalue weighted by Crippen LogP contribution is 2.25. The van der Waals surface area contributed by atoms with Crippen LogP contribution in [0.25, 0.3) is 22.3 Å². The molecule has 43 heavy (non-hydrogen) atoms. The molecule has 3 N–H and O–H groups in total. The van der Waals surface area contributed by atoms with Crippen molar-refractivity contribution in [1.82, 2.24) is 0 Å². The van der Waals surface area contributed by atoms with E-state index < -0.39 is 17.9 Å². The second-order valence-electron chi connectivity index (χ2n) is 9.14. The number of carboxylic acids is 2. The summed E-state index contributed by atoms with van der Waals surface area (Å²) in [6.07, 6.45) is 0. The topological polar surface area (TPSA) is 130 Å². The lowest BCUT2D eigenvalue weighted by Crippen LogP contribution is -2.15. The van der Waals surface area contributed by atoms with Crippen LogP contribution >= 0.6 is 0 Å². The van der Waals surface area contributed by atoms with Gasteiger partial charge in [-0.2, -0.15) is 0 Å². The summed E-state index contributed by atoms with van der Waals surface area (Å²) in [5, 5.41) is 21.0. The highest BCUT2D eigenvalue weighted by Gasteiger charge is 2.19. The summed E-state index contributed by atoms with van der Waals surface area (Å²) in [7, 11) is 1.16. The van der Waals surface area contributed by atoms with Gasteiger partial charge in [0.2, 0.25) is 0 Å². The van der Waals surface area contributed by atoms with Crippen LogP contribution in [0, 0.1) is 0 Å². The van der Waals surface area contributed by atoms with Crippen molar-refractivity contribution in [2.24, 2.45) is 0 Å². The SMILES string of the molecule is COC(=O)c1cc(NC(=O)c2ccccc2-c2ccccc2)ccc1C(=O)O.O=C(O)c1ccccc1-c1ccccc1. The molecule has 8 heteroatoms. The number of ether oxygens (including phenoxy) is 1. The molecule has 0 bridgehead atoms. The first-order valence-corrected chi connectivity index (χ1v) is 13.1. The highest BCUT2D eigenvalue weighted by atomic mass is 16.5. The number of esters is 1. The summed E-state index contributed by atoms with van der Waals surface area (Å²) in [4.78, 5) is 47.0. The molecule has 5 aromatic carbocycles. The average Bonchev–Trinajstić information content (AvgIpc) is 3.05. The van der Waals surface area contributed by atoms with Gasteiger partial charge in [-0.3, -0.25) is 4.79 Å². The summed E-state index contributed by atoms with van der Waals surface area (Å²) in [5.41, 5.74) is 4.08. The van der Waals surface area contributed by atoms with Gasteiger partial charge in [0.05, 0.1) is 23.8 Å². The fourth-order valence-corrected chi connectivity index (χ4v) is 4.38. The number of rotatable bonds is 7. The maximum absolute atomic E-state index is 12.8. The molecular weight excluding hydrogens is 546 g/mol. The number of carbonyl (C=O) groups is 4. The van der Waals surface area contributed by atoms with E-state index in [4.69, 9.17) is 5.11 Å². The van der Waals surface area contributed by atoms with Crippen molar-refractivity contribution in [2.45, 2.75) is 0 Å². The molecule has 0 aromatic heterocycles. The minimum absolute atomic E-state index is 0.135. The first-order valence-electron chi connectivity index (χ1n) is 13.1. The Labute approximate surface area is 247 Å². The lowest BCUT2D eigenvalue weighted by atomic mass is 9.99. The van der Waals surface area contributed by atoms with Crippen LogP contribution in [0.4, 0.5) is 5.69 Å². The first kappa shape index (κ1) is 30.0. The summed E-state index contributed by atoms with van der Waals surface area (Å²) in [6, 6.07) is 37.1. The number of hydrogen-bond acceptors (Lipinski definition) is 5. The van der Waals surface area contributed by atoms with E-state index in [9.17, 15) is 24.3 Å². The Kier molecular flexibility index (Phi) is 9.79. The molecule has 214 valence electrons. The number of carbonyl (C=O) groups excluding carboxylic acids is 2. The van der Waals surface area contributed by atoms with E-state index in [0.717, 1.165) is 29.4 Å². The van der Waals surface area contributed by atoms with E-state index >= 15 is 0 Å². The number of carboxylic acid groups (broad SMARTS) is 2. The fourth-order valence-electron chi connectivity index (χ4n) is 4.38. The number of hydrogen-bond donors (Lipinski definition) is 3. The minimum atomic E-state index is -1.26. The van der Waals surface area contributed by atoms with Gasteiger partial charge in [0.15, 0.2) is 0 Å². The van der Waals surface area contributed by atoms with Gasteiger partial charge in [0, 0.05) is 11.3 Å². The van der Waals surface area contributed by atoms with Crippen LogP contribution in [0.1, 0.15) is 41.4 Å². The average molecular weight is 574 g/mol. The second-order valence-corrected chi connectivity index (χ2v) is 9.14. The van der Waals surface area contributed by atoms with Gasteiger partial charge in [0.25, 0.3) is 5.91 Å². The molecule has 0 spiro atoms. The molecule has 0 saturated carbocycles. The van der Waals surface area contributed by atoms with Crippen molar-refractivity contribution < 1.29 is 34.1 Å². The standard InChI is InChI=1S/C22H17NO5.C13H10O2/c1-28-22(27)19-13-15(11-12-18(19)21(25)26)23-20(24)17-10-6-5-9-16(17)14-7-3-2-4-8-14;14-13(15)12-9-5-4-8-11(12)10-6-2-1-3-7-10/h2-13H,1H3,(H,23,24)(H,25,26);1-9H,(H,14,15). The maximum Gasteiger partial charge on any atom is 0.338 e. The maximum atomic E-state index is 12.8. The molecule has 0 aliphatic heterocycles. The smallest absolute Gasteiger partial charge is 0.338 e. The quantitative estimate of drug-likeness (QED) is 0.176. The Balaban J connectivity index is 0.000000237. The van der Waals surface area contributed by atoms with Crippen LogP contribution in [0.5, 0.6) is 0 Å². The third kappa shape index (κ3) is 7.39. The Morgan fingerprint density at radius 3 is 1.51 bits per heavy atom. The molecule has 5 aromatic rings. The predicted molar refractivity (Wildman–Crippen MR) is 163 cm³/mol. The summed E-state index contributed by atoms with van der Waals surface area (Å²) < 4.78 is 4.63. The Morgan fingerprint density at radius 1 is 0.535 bits per heavy atom. The number of anilines is 1. The first-order chi connectivity index (χ1) is 20.8. The largest absolute Gasteiger partial charge is 0.478 e. The molecule has 0 radical (unpaired) electrons. The monoisotopic (exact) mass is 573 g/mol. The fraction of sp³-hybridized carbons (Fsp3) is 0.0286. The summed E-state index contributed by atoms with van der Waals surface area (Å²) >= 11 is 0. The zero-order valence-corrected chi connectivity index (χ0v) is 23.1. The minimum Gasteiger partial charge on any atom is -0.478 e. The van der Waals surface area contributed by atoms with Crippen molar-refractivity contribution in [3.05, 3.63) is 150 Å². The van der Waals surface area contributed by atoms with E-state index in [1.54, 1.807) is 24.3 Å². The van der Waals surface area contributed by atoms with Gasteiger partial charge in [-0.25, -0.2) is 14.4 Å². The van der Waals surface area contributed by atoms with Crippen LogP contribution in [0.15, 0.2) is 127 Å². The Morgan fingerprint density at radius 2 is 1.00 bits per heavy atom. The Hall–Kier alpha value is -6.02. The van der Waals surface area contributed by atoms with Gasteiger partial charge in [-0.1, -0.05) is 97.1 Å². The molecule has 5 rings (SSSR count). The molecule has 8 nitrogen and oxygen atoms in total. The number of methoxy groups -OCH3 is 1. The lowest BCUT2D eigenvalue weighted by molar-refractivity contribution is 0.0582. The van der Waals surface area contributed by atoms with Crippen molar-refractivity contribution in [3.8, 4) is 22.3 Å². The molecule has 0 aliphatic carbocycles. The van der Waals surface area contributed by atoms with Gasteiger partial charge >= 0.3 is 17.9 Å². The molecule has 0 atom stereocenters. The highest BCUT2D eigenvalue weighted by molar-refractivity contribution is 6.10. The summed E-state index contributed by atoms with van der Waals surface area (Å²) in [6.45, 7) is 0. The molecule has 0 fully saturated rings. The van der Waals surface area contributed by atoms with E-state index in [-0.39, 0.29) is 17.0 Å². The second kappa shape index (κ2) is 14.0. The van der Waals surface area contributed by atoms with E-state index in [1.165, 1.54) is 18.2 Å². The molecule has 0 aliphatic rings. The van der Waals surface area contributed by atoms with Crippen molar-refractivity contribution in [1.29, 1.82) is 0 Å². The Bertz CT molecular complexity index is 1770. The van der Waals surface area contributed by atoms with Gasteiger partial charge in [-0.05, 0) is 52.6 Å². The molecule has 0 saturated heterocycles. The third-order valence-corrected chi connectivity index (χ3v) is 6.41. The van der Waals surface area contributed by atoms with Crippen LogP contribution in [0.2, 0.25) is 0 Å². The van der Waals surface area contributed by atoms with Gasteiger partial charge in [-0.15, -0.1) is 0 Å². The number of aromatic carboxylic acids is 2. The summed E-state index contributed by atoms with van der Waals surface area (Å²) in [5.74, 6) is -3.32. The van der Waals surface area contributed by atoms with Crippen LogP contribution in [-0.2, 0) is 4.74 Å². The number of amides is 1. The zero-order chi connectivity index (χ0) is 30.8. The molecule has 0 unspecified atom stereocenters. The molecule has 0 heterocycles. The normalized spacial score (nSPS) is 10.1. The van der Waals surface area contributed by atoms with Crippen molar-refractivity contribution >= 4 is 29.5 Å². The van der Waals surface area contributed by atoms with Crippen LogP contribution in [0.3, 0.4) is 0 Å². The number of nitrogens with one attached hydrogen (secondary N) is 1. The van der Waals surface area contributed by atoms with E-state index in [1.807, 2.05) is 84.9 Å². The lowest BCUT2D eigenvalue weighted by Gasteiger charge is -2.12. The van der Waals surface area contributed by atoms with E-state index in [2.05, 4.69) is 10.1 Å². The van der Waals surface area contributed by atoms with E-state index in [0.29, 0.717) is 16.8 Å². The molecular formula is C35H27NO7. The number of benzene rings is 5. The van der Waals surface area contributed by atoms with Gasteiger partial charge < -0.3 is 20.3 Å². The van der Waals surface area contributed by atoms with Crippen LogP contribution in [-0.4, -0.2) is 41.1 Å². The zero-order valence-electron chi connectivity index (χ0n) is 23.1. The third-order valence-electron chi connectivity index (χ3n) is 6.41.